The molecule has 1 aliphatic carbocycles. The highest BCUT2D eigenvalue weighted by Gasteiger charge is 2.35. The number of carbonyl (C=O) groups is 1. The summed E-state index contributed by atoms with van der Waals surface area (Å²) >= 11 is 3.40. The van der Waals surface area contributed by atoms with Crippen LogP contribution in [0, 0.1) is 0 Å². The number of anilines is 1. The number of nitrogens with one attached hydrogen (secondary N) is 1. The maximum absolute atomic E-state index is 12.9. The molecule has 6 nitrogen and oxygen atoms in total. The average Bonchev–Trinajstić information content (AvgIpc) is 3.20. The fraction of sp³-hybridized carbons (Fsp3) is 0.412. The molecule has 1 unspecified atom stereocenters. The minimum absolute atomic E-state index is 0.0602. The standard InChI is InChI=1S/C17H18BrN3O3S/c18-11-3-1-4-12(9-11)19-17(22)16-14-5-2-6-15(14)20-21(16)13-7-8-25(23,24)10-13/h1,3-4,9,13H,2,5-8,10H2,(H,19,22). The van der Waals surface area contributed by atoms with Crippen LogP contribution in [0.3, 0.4) is 0 Å². The molecule has 1 aromatic heterocycles. The molecule has 132 valence electrons. The molecule has 0 bridgehead atoms. The number of nitrogens with zero attached hydrogens (tertiary/aromatic N) is 2. The topological polar surface area (TPSA) is 81.1 Å². The summed E-state index contributed by atoms with van der Waals surface area (Å²) in [4.78, 5) is 12.9. The number of carbonyl (C=O) groups excluding carboxylic acids is 1. The van der Waals surface area contributed by atoms with E-state index >= 15 is 0 Å². The molecule has 2 heterocycles. The van der Waals surface area contributed by atoms with E-state index in [0.29, 0.717) is 17.8 Å². The predicted octanol–water partition coefficient (Wildman–Crippen LogP) is 2.75. The van der Waals surface area contributed by atoms with Crippen molar-refractivity contribution in [3.8, 4) is 0 Å². The molecular weight excluding hydrogens is 406 g/mol. The number of benzene rings is 1. The number of halogens is 1. The zero-order valence-corrected chi connectivity index (χ0v) is 15.9. The number of amides is 1. The first kappa shape index (κ1) is 16.8. The summed E-state index contributed by atoms with van der Waals surface area (Å²) in [6, 6.07) is 7.15. The molecule has 0 radical (unpaired) electrons. The molecule has 1 atom stereocenters. The van der Waals surface area contributed by atoms with Crippen molar-refractivity contribution in [3.05, 3.63) is 45.7 Å². The van der Waals surface area contributed by atoms with Crippen molar-refractivity contribution in [1.82, 2.24) is 9.78 Å². The van der Waals surface area contributed by atoms with Gasteiger partial charge in [0.25, 0.3) is 5.91 Å². The highest BCUT2D eigenvalue weighted by Crippen LogP contribution is 2.31. The SMILES string of the molecule is O=C(Nc1cccc(Br)c1)c1c2c(nn1C1CCS(=O)(=O)C1)CCC2. The minimum atomic E-state index is -3.04. The van der Waals surface area contributed by atoms with E-state index in [0.717, 1.165) is 35.0 Å². The van der Waals surface area contributed by atoms with Crippen molar-refractivity contribution in [3.63, 3.8) is 0 Å². The molecule has 25 heavy (non-hydrogen) atoms. The lowest BCUT2D eigenvalue weighted by molar-refractivity contribution is 0.101. The van der Waals surface area contributed by atoms with Crippen molar-refractivity contribution in [1.29, 1.82) is 0 Å². The van der Waals surface area contributed by atoms with Crippen molar-refractivity contribution in [2.24, 2.45) is 0 Å². The van der Waals surface area contributed by atoms with Gasteiger partial charge >= 0.3 is 0 Å². The highest BCUT2D eigenvalue weighted by atomic mass is 79.9. The summed E-state index contributed by atoms with van der Waals surface area (Å²) in [6.45, 7) is 0. The Kier molecular flexibility index (Phi) is 4.19. The van der Waals surface area contributed by atoms with Gasteiger partial charge in [-0.15, -0.1) is 0 Å². The van der Waals surface area contributed by atoms with E-state index in [1.807, 2.05) is 24.3 Å². The van der Waals surface area contributed by atoms with Crippen LogP contribution in [-0.4, -0.2) is 35.6 Å². The third kappa shape index (κ3) is 3.25. The van der Waals surface area contributed by atoms with Gasteiger partial charge in [-0.2, -0.15) is 5.10 Å². The lowest BCUT2D eigenvalue weighted by Gasteiger charge is -2.14. The van der Waals surface area contributed by atoms with Crippen LogP contribution >= 0.6 is 15.9 Å². The van der Waals surface area contributed by atoms with Crippen molar-refractivity contribution in [2.45, 2.75) is 31.7 Å². The Morgan fingerprint density at radius 1 is 1.32 bits per heavy atom. The average molecular weight is 424 g/mol. The molecule has 4 rings (SSSR count). The Labute approximate surface area is 154 Å². The summed E-state index contributed by atoms with van der Waals surface area (Å²) < 4.78 is 26.3. The molecule has 8 heteroatoms. The number of hydrogen-bond acceptors (Lipinski definition) is 4. The summed E-state index contributed by atoms with van der Waals surface area (Å²) in [7, 11) is -3.04. The van der Waals surface area contributed by atoms with E-state index < -0.39 is 9.84 Å². The molecule has 1 amide bonds. The van der Waals surface area contributed by atoms with Crippen LogP contribution in [0.5, 0.6) is 0 Å². The second-order valence-electron chi connectivity index (χ2n) is 6.59. The Morgan fingerprint density at radius 2 is 2.16 bits per heavy atom. The van der Waals surface area contributed by atoms with E-state index in [9.17, 15) is 13.2 Å². The molecule has 2 aromatic rings. The summed E-state index contributed by atoms with van der Waals surface area (Å²) in [5.41, 5.74) is 3.12. The Bertz CT molecular complexity index is 952. The molecule has 2 aliphatic rings. The van der Waals surface area contributed by atoms with Crippen LogP contribution in [-0.2, 0) is 22.7 Å². The molecule has 1 aliphatic heterocycles. The van der Waals surface area contributed by atoms with Gasteiger partial charge in [-0.1, -0.05) is 22.0 Å². The number of sulfone groups is 1. The lowest BCUT2D eigenvalue weighted by Crippen LogP contribution is -2.23. The van der Waals surface area contributed by atoms with Crippen molar-refractivity contribution in [2.75, 3.05) is 16.8 Å². The minimum Gasteiger partial charge on any atom is -0.321 e. The number of aromatic nitrogens is 2. The molecule has 0 spiro atoms. The van der Waals surface area contributed by atoms with Gasteiger partial charge in [0.1, 0.15) is 5.69 Å². The molecule has 0 saturated carbocycles. The third-order valence-corrected chi connectivity index (χ3v) is 7.03. The molecular formula is C17H18BrN3O3S. The van der Waals surface area contributed by atoms with Crippen molar-refractivity contribution < 1.29 is 13.2 Å². The zero-order valence-electron chi connectivity index (χ0n) is 13.5. The largest absolute Gasteiger partial charge is 0.321 e. The first-order chi connectivity index (χ1) is 11.9. The Hall–Kier alpha value is -1.67. The normalized spacial score (nSPS) is 21.2. The van der Waals surface area contributed by atoms with E-state index in [4.69, 9.17) is 0 Å². The van der Waals surface area contributed by atoms with Gasteiger partial charge in [0.15, 0.2) is 9.84 Å². The molecule has 1 saturated heterocycles. The van der Waals surface area contributed by atoms with Crippen LogP contribution in [0.15, 0.2) is 28.7 Å². The van der Waals surface area contributed by atoms with Crippen molar-refractivity contribution >= 4 is 37.4 Å². The highest BCUT2D eigenvalue weighted by molar-refractivity contribution is 9.10. The van der Waals surface area contributed by atoms with Crippen LogP contribution in [0.2, 0.25) is 0 Å². The van der Waals surface area contributed by atoms with E-state index in [1.165, 1.54) is 0 Å². The quantitative estimate of drug-likeness (QED) is 0.822. The van der Waals surface area contributed by atoms with Gasteiger partial charge in [0.2, 0.25) is 0 Å². The van der Waals surface area contributed by atoms with Gasteiger partial charge in [-0.05, 0) is 43.9 Å². The third-order valence-electron chi connectivity index (χ3n) is 4.78. The van der Waals surface area contributed by atoms with Gasteiger partial charge in [0, 0.05) is 15.7 Å². The van der Waals surface area contributed by atoms with Crippen LogP contribution in [0.1, 0.15) is 40.6 Å². The smallest absolute Gasteiger partial charge is 0.274 e. The lowest BCUT2D eigenvalue weighted by atomic mass is 10.1. The maximum Gasteiger partial charge on any atom is 0.274 e. The van der Waals surface area contributed by atoms with Gasteiger partial charge in [0.05, 0.1) is 23.2 Å². The van der Waals surface area contributed by atoms with Crippen LogP contribution in [0.4, 0.5) is 5.69 Å². The number of rotatable bonds is 3. The maximum atomic E-state index is 12.9. The predicted molar refractivity (Wildman–Crippen MR) is 98.7 cm³/mol. The van der Waals surface area contributed by atoms with Crippen LogP contribution < -0.4 is 5.32 Å². The van der Waals surface area contributed by atoms with Crippen LogP contribution in [0.25, 0.3) is 0 Å². The number of hydrogen-bond donors (Lipinski definition) is 1. The van der Waals surface area contributed by atoms with Gasteiger partial charge in [-0.3, -0.25) is 9.48 Å². The second kappa shape index (κ2) is 6.25. The molecule has 1 N–H and O–H groups in total. The summed E-state index contributed by atoms with van der Waals surface area (Å²) in [5, 5.41) is 7.52. The fourth-order valence-corrected chi connectivity index (χ4v) is 5.73. The molecule has 1 fully saturated rings. The first-order valence-corrected chi connectivity index (χ1v) is 10.9. The Morgan fingerprint density at radius 3 is 2.88 bits per heavy atom. The van der Waals surface area contributed by atoms with E-state index in [-0.39, 0.29) is 23.5 Å². The van der Waals surface area contributed by atoms with Gasteiger partial charge < -0.3 is 5.32 Å². The second-order valence-corrected chi connectivity index (χ2v) is 9.74. The number of aryl methyl sites for hydroxylation is 1. The zero-order chi connectivity index (χ0) is 17.6. The summed E-state index contributed by atoms with van der Waals surface area (Å²) in [6.07, 6.45) is 3.16. The van der Waals surface area contributed by atoms with Gasteiger partial charge in [-0.25, -0.2) is 8.42 Å². The summed E-state index contributed by atoms with van der Waals surface area (Å²) in [5.74, 6) is -0.00219. The fourth-order valence-electron chi connectivity index (χ4n) is 3.64. The van der Waals surface area contributed by atoms with E-state index in [1.54, 1.807) is 4.68 Å². The Balaban J connectivity index is 1.69. The first-order valence-electron chi connectivity index (χ1n) is 8.30. The number of fused-ring (bicyclic) bond motifs is 1. The van der Waals surface area contributed by atoms with E-state index in [2.05, 4.69) is 26.3 Å². The molecule has 1 aromatic carbocycles. The monoisotopic (exact) mass is 423 g/mol.